The van der Waals surface area contributed by atoms with E-state index in [0.717, 1.165) is 15.2 Å². The second-order valence-corrected chi connectivity index (χ2v) is 7.82. The molecule has 112 valence electrons. The number of halogens is 2. The van der Waals surface area contributed by atoms with Gasteiger partial charge in [-0.3, -0.25) is 0 Å². The van der Waals surface area contributed by atoms with E-state index in [4.69, 9.17) is 0 Å². The number of benzene rings is 1. The number of hydrogen-bond donors (Lipinski definition) is 1. The fraction of sp³-hybridized carbons (Fsp3) is 0.647. The lowest BCUT2D eigenvalue weighted by Crippen LogP contribution is -2.32. The molecule has 0 spiro atoms. The number of anilines is 1. The van der Waals surface area contributed by atoms with Crippen molar-refractivity contribution in [1.29, 1.82) is 0 Å². The zero-order valence-corrected chi connectivity index (χ0v) is 14.8. The molecule has 0 unspecified atom stereocenters. The molecule has 1 fully saturated rings. The summed E-state index contributed by atoms with van der Waals surface area (Å²) in [7, 11) is 0. The monoisotopic (exact) mass is 389 g/mol. The number of nitrogens with one attached hydrogen (secondary N) is 1. The van der Waals surface area contributed by atoms with Crippen LogP contribution in [0.2, 0.25) is 0 Å². The SMILES string of the molecule is CCC(C)(C)C1CCC(Nc2ccc(F)cc2I)CC1. The van der Waals surface area contributed by atoms with Gasteiger partial charge in [0.1, 0.15) is 5.82 Å². The smallest absolute Gasteiger partial charge is 0.124 e. The maximum atomic E-state index is 13.1. The van der Waals surface area contributed by atoms with Gasteiger partial charge in [0.05, 0.1) is 0 Å². The topological polar surface area (TPSA) is 12.0 Å². The van der Waals surface area contributed by atoms with Crippen LogP contribution in [0, 0.1) is 20.7 Å². The van der Waals surface area contributed by atoms with Crippen LogP contribution in [0.25, 0.3) is 0 Å². The second kappa shape index (κ2) is 6.63. The molecule has 0 saturated heterocycles. The molecule has 1 aromatic carbocycles. The van der Waals surface area contributed by atoms with Crippen molar-refractivity contribution >= 4 is 28.3 Å². The molecule has 20 heavy (non-hydrogen) atoms. The lowest BCUT2D eigenvalue weighted by atomic mass is 9.69. The summed E-state index contributed by atoms with van der Waals surface area (Å²) in [5, 5.41) is 3.59. The summed E-state index contributed by atoms with van der Waals surface area (Å²) in [5.74, 6) is 0.686. The van der Waals surface area contributed by atoms with Crippen LogP contribution in [0.1, 0.15) is 52.9 Å². The van der Waals surface area contributed by atoms with Gasteiger partial charge in [-0.05, 0) is 77.8 Å². The Morgan fingerprint density at radius 2 is 1.90 bits per heavy atom. The van der Waals surface area contributed by atoms with Gasteiger partial charge < -0.3 is 5.32 Å². The van der Waals surface area contributed by atoms with Crippen molar-refractivity contribution < 1.29 is 4.39 Å². The van der Waals surface area contributed by atoms with E-state index in [9.17, 15) is 4.39 Å². The van der Waals surface area contributed by atoms with Crippen LogP contribution in [0.5, 0.6) is 0 Å². The van der Waals surface area contributed by atoms with Crippen molar-refractivity contribution in [2.45, 2.75) is 58.9 Å². The van der Waals surface area contributed by atoms with Crippen molar-refractivity contribution in [2.24, 2.45) is 11.3 Å². The minimum Gasteiger partial charge on any atom is -0.381 e. The first-order valence-electron chi connectivity index (χ1n) is 7.64. The van der Waals surface area contributed by atoms with Crippen LogP contribution in [0.3, 0.4) is 0 Å². The normalized spacial score (nSPS) is 23.6. The van der Waals surface area contributed by atoms with Crippen LogP contribution in [0.15, 0.2) is 18.2 Å². The van der Waals surface area contributed by atoms with Gasteiger partial charge in [0, 0.05) is 15.3 Å². The molecule has 3 heteroatoms. The Morgan fingerprint density at radius 3 is 2.45 bits per heavy atom. The van der Waals surface area contributed by atoms with Crippen molar-refractivity contribution in [3.05, 3.63) is 27.6 Å². The molecule has 1 saturated carbocycles. The minimum atomic E-state index is -0.159. The van der Waals surface area contributed by atoms with Crippen molar-refractivity contribution in [2.75, 3.05) is 5.32 Å². The van der Waals surface area contributed by atoms with Gasteiger partial charge in [-0.1, -0.05) is 27.2 Å². The molecule has 0 heterocycles. The van der Waals surface area contributed by atoms with E-state index < -0.39 is 0 Å². The van der Waals surface area contributed by atoms with Gasteiger partial charge in [-0.2, -0.15) is 0 Å². The molecule has 1 nitrogen and oxygen atoms in total. The Kier molecular flexibility index (Phi) is 5.32. The lowest BCUT2D eigenvalue weighted by Gasteiger charge is -2.39. The molecule has 0 amide bonds. The maximum Gasteiger partial charge on any atom is 0.124 e. The summed E-state index contributed by atoms with van der Waals surface area (Å²) >= 11 is 2.20. The van der Waals surface area contributed by atoms with Gasteiger partial charge >= 0.3 is 0 Å². The summed E-state index contributed by atoms with van der Waals surface area (Å²) in [6.07, 6.45) is 6.31. The van der Waals surface area contributed by atoms with Crippen molar-refractivity contribution in [3.63, 3.8) is 0 Å². The van der Waals surface area contributed by atoms with Gasteiger partial charge in [0.25, 0.3) is 0 Å². The van der Waals surface area contributed by atoms with E-state index in [1.807, 2.05) is 6.07 Å². The van der Waals surface area contributed by atoms with Crippen LogP contribution in [0.4, 0.5) is 10.1 Å². The number of rotatable bonds is 4. The van der Waals surface area contributed by atoms with Crippen LogP contribution >= 0.6 is 22.6 Å². The van der Waals surface area contributed by atoms with E-state index in [1.165, 1.54) is 38.2 Å². The summed E-state index contributed by atoms with van der Waals surface area (Å²) in [6, 6.07) is 5.53. The minimum absolute atomic E-state index is 0.159. The van der Waals surface area contributed by atoms with E-state index in [0.29, 0.717) is 11.5 Å². The first-order chi connectivity index (χ1) is 9.42. The highest BCUT2D eigenvalue weighted by molar-refractivity contribution is 14.1. The Balaban J connectivity index is 1.91. The van der Waals surface area contributed by atoms with E-state index in [2.05, 4.69) is 48.7 Å². The molecular weight excluding hydrogens is 364 g/mol. The molecule has 0 aromatic heterocycles. The first kappa shape index (κ1) is 16.1. The fourth-order valence-corrected chi connectivity index (χ4v) is 3.77. The zero-order valence-electron chi connectivity index (χ0n) is 12.7. The quantitative estimate of drug-likeness (QED) is 0.639. The van der Waals surface area contributed by atoms with Crippen LogP contribution < -0.4 is 5.32 Å². The molecule has 0 radical (unpaired) electrons. The second-order valence-electron chi connectivity index (χ2n) is 6.66. The average Bonchev–Trinajstić information content (AvgIpc) is 2.42. The highest BCUT2D eigenvalue weighted by Gasteiger charge is 2.31. The zero-order chi connectivity index (χ0) is 14.8. The lowest BCUT2D eigenvalue weighted by molar-refractivity contribution is 0.147. The fourth-order valence-electron chi connectivity index (χ4n) is 3.13. The van der Waals surface area contributed by atoms with Crippen LogP contribution in [-0.2, 0) is 0 Å². The summed E-state index contributed by atoms with van der Waals surface area (Å²) in [6.45, 7) is 7.09. The Labute approximate surface area is 135 Å². The molecule has 0 atom stereocenters. The summed E-state index contributed by atoms with van der Waals surface area (Å²) in [4.78, 5) is 0. The largest absolute Gasteiger partial charge is 0.381 e. The highest BCUT2D eigenvalue weighted by atomic mass is 127. The maximum absolute atomic E-state index is 13.1. The molecule has 0 bridgehead atoms. The number of hydrogen-bond acceptors (Lipinski definition) is 1. The Bertz CT molecular complexity index is 450. The molecular formula is C17H25FIN. The van der Waals surface area contributed by atoms with E-state index >= 15 is 0 Å². The molecule has 0 aliphatic heterocycles. The Hall–Kier alpha value is -0.320. The summed E-state index contributed by atoms with van der Waals surface area (Å²) < 4.78 is 14.1. The molecule has 1 aromatic rings. The van der Waals surface area contributed by atoms with Gasteiger partial charge in [-0.25, -0.2) is 4.39 Å². The average molecular weight is 389 g/mol. The molecule has 1 N–H and O–H groups in total. The molecule has 1 aliphatic carbocycles. The third-order valence-electron chi connectivity index (χ3n) is 5.03. The van der Waals surface area contributed by atoms with Crippen molar-refractivity contribution in [1.82, 2.24) is 0 Å². The molecule has 1 aliphatic rings. The van der Waals surface area contributed by atoms with Gasteiger partial charge in [-0.15, -0.1) is 0 Å². The van der Waals surface area contributed by atoms with Crippen molar-refractivity contribution in [3.8, 4) is 0 Å². The highest BCUT2D eigenvalue weighted by Crippen LogP contribution is 2.41. The predicted molar refractivity (Wildman–Crippen MR) is 92.6 cm³/mol. The van der Waals surface area contributed by atoms with E-state index in [1.54, 1.807) is 6.07 Å². The van der Waals surface area contributed by atoms with E-state index in [-0.39, 0.29) is 5.82 Å². The first-order valence-corrected chi connectivity index (χ1v) is 8.72. The third-order valence-corrected chi connectivity index (χ3v) is 5.93. The van der Waals surface area contributed by atoms with Gasteiger partial charge in [0.15, 0.2) is 0 Å². The Morgan fingerprint density at radius 1 is 1.25 bits per heavy atom. The third kappa shape index (κ3) is 3.86. The van der Waals surface area contributed by atoms with Crippen LogP contribution in [-0.4, -0.2) is 6.04 Å². The standard InChI is InChI=1S/C17H25FIN/c1-4-17(2,3)12-5-8-14(9-6-12)20-16-10-7-13(18)11-15(16)19/h7,10-12,14,20H,4-6,8-9H2,1-3H3. The summed E-state index contributed by atoms with van der Waals surface area (Å²) in [5.41, 5.74) is 1.54. The molecule has 2 rings (SSSR count). The van der Waals surface area contributed by atoms with Gasteiger partial charge in [0.2, 0.25) is 0 Å². The predicted octanol–water partition coefficient (Wildman–Crippen LogP) is 5.84.